The van der Waals surface area contributed by atoms with Crippen molar-refractivity contribution >= 4 is 22.9 Å². The topological polar surface area (TPSA) is 79.2 Å². The first kappa shape index (κ1) is 102. The number of thiophene rings is 1. The molecule has 0 atom stereocenters. The average molecular weight is 1580 g/mol. The van der Waals surface area contributed by atoms with E-state index in [4.69, 9.17) is 21.1 Å². The summed E-state index contributed by atoms with van der Waals surface area (Å²) in [6, 6.07) is 67.1. The Balaban J connectivity index is 0.000000622. The summed E-state index contributed by atoms with van der Waals surface area (Å²) in [5.41, 5.74) is 16.3. The number of halogens is 5. The number of rotatable bonds is 12. The minimum atomic E-state index is -4.61. The smallest absolute Gasteiger partial charge is 0.454 e. The van der Waals surface area contributed by atoms with E-state index in [0.29, 0.717) is 71.9 Å². The van der Waals surface area contributed by atoms with Crippen molar-refractivity contribution in [2.45, 2.75) is 259 Å². The number of aryl methyl sites for hydroxylation is 4. The van der Waals surface area contributed by atoms with Crippen LogP contribution in [0.25, 0.3) is 0 Å². The SMILES string of the molecule is C.CC(C)c1ccc(F)cc1.CC(C)c1ccc(OC(F)(F)F)cc1.CC(C)c1cccc2c1OCO2.CC(C)c1ccccc1.CC(C)c1ccccc1Cl.CC(C)c1cccnc1.CC(C)c1cnccn1.Cc1ccc(C(C)C)cc1.Cc1ccc(C(C)C)cc1.Cc1ccc(C(C)C)cn1.Cc1ccc(C(C)C)s1. The van der Waals surface area contributed by atoms with E-state index in [1.165, 1.54) is 89.7 Å². The fourth-order valence-electron chi connectivity index (χ4n) is 9.90. The standard InChI is InChI=1S/C10H11F3O.C10H12O2.2C10H14.C9H11Cl.C9H11F.C9H13N.C9H12.C8H11N.C8H12S.C7H10N2.CH4/c1-7(2)8-3-5-9(6-4-8)14-10(11,12)13;1-7(2)8-4-3-5-9-10(8)12-6-11-9;2*1-8(2)10-6-4-9(3)5-7-10;1-7(2)8-5-3-4-6-9(8)10;1-7(2)8-3-5-9(10)6-4-8;1-7(2)9-5-4-8(3)10-6-9;1-8(2)9-6-4-3-5-7-9;1-7(2)8-4-3-5-9-6-8;1-6(2)8-5-4-7(3)9-8;1-6(2)7-5-8-3-4-9-7;/h3-7H,1-2H3;3-5,7H,6H2,1-2H3;2*4-8H,1-3H3;2*3-7H,1-2H3;4-7H,1-3H3;3-8H,1-2H3;3-7H,1-2H3;4-6H,1-3H3;3-6H,1-2H3;1H4. The number of hydrogen-bond acceptors (Lipinski definition) is 8. The maximum Gasteiger partial charge on any atom is 0.573 e. The fraction of sp³-hybridized carbons (Fsp3) is 0.400. The van der Waals surface area contributed by atoms with E-state index < -0.39 is 6.36 Å². The fourth-order valence-corrected chi connectivity index (χ4v) is 11.1. The van der Waals surface area contributed by atoms with Crippen LogP contribution >= 0.6 is 22.9 Å². The van der Waals surface area contributed by atoms with Gasteiger partial charge in [-0.1, -0.05) is 328 Å². The van der Waals surface area contributed by atoms with Gasteiger partial charge in [0.25, 0.3) is 0 Å². The highest BCUT2D eigenvalue weighted by Gasteiger charge is 2.31. The molecule has 0 N–H and O–H groups in total. The predicted molar refractivity (Wildman–Crippen MR) is 478 cm³/mol. The highest BCUT2D eigenvalue weighted by atomic mass is 35.5. The molecule has 0 radical (unpaired) electrons. The molecule has 0 bridgehead atoms. The second-order valence-corrected chi connectivity index (χ2v) is 32.5. The number of pyridine rings is 2. The van der Waals surface area contributed by atoms with Crippen molar-refractivity contribution in [1.29, 1.82) is 0 Å². The van der Waals surface area contributed by atoms with Gasteiger partial charge in [0.2, 0.25) is 6.79 Å². The maximum atomic E-state index is 12.4. The Hall–Kier alpha value is -8.97. The number of benzene rings is 7. The van der Waals surface area contributed by atoms with Crippen LogP contribution in [-0.2, 0) is 0 Å². The highest BCUT2D eigenvalue weighted by Crippen LogP contribution is 2.39. The second kappa shape index (κ2) is 55.5. The molecule has 0 unspecified atom stereocenters. The minimum Gasteiger partial charge on any atom is -0.454 e. The van der Waals surface area contributed by atoms with E-state index in [0.717, 1.165) is 33.5 Å². The quantitative estimate of drug-likeness (QED) is 0.113. The van der Waals surface area contributed by atoms with Crippen LogP contribution in [0.2, 0.25) is 5.02 Å². The number of para-hydroxylation sites is 1. The van der Waals surface area contributed by atoms with Crippen molar-refractivity contribution in [1.82, 2.24) is 19.9 Å². The largest absolute Gasteiger partial charge is 0.573 e. The summed E-state index contributed by atoms with van der Waals surface area (Å²) in [6.45, 7) is 56.0. The molecule has 0 saturated carbocycles. The third kappa shape index (κ3) is 44.3. The van der Waals surface area contributed by atoms with E-state index in [2.05, 4.69) is 299 Å². The van der Waals surface area contributed by atoms with Gasteiger partial charge < -0.3 is 14.2 Å². The molecule has 4 aromatic heterocycles. The van der Waals surface area contributed by atoms with E-state index in [1.54, 1.807) is 36.9 Å². The first-order valence-corrected chi connectivity index (χ1v) is 40.6. The van der Waals surface area contributed by atoms with Crippen molar-refractivity contribution in [2.24, 2.45) is 0 Å². The molecule has 0 saturated heterocycles. The van der Waals surface area contributed by atoms with Gasteiger partial charge in [0.1, 0.15) is 11.6 Å². The molecule has 113 heavy (non-hydrogen) atoms. The Morgan fingerprint density at radius 2 is 0.796 bits per heavy atom. The van der Waals surface area contributed by atoms with Crippen LogP contribution in [-0.4, -0.2) is 33.1 Å². The molecule has 0 amide bonds. The van der Waals surface area contributed by atoms with Crippen LogP contribution in [0.15, 0.2) is 243 Å². The van der Waals surface area contributed by atoms with Crippen LogP contribution in [0.1, 0.15) is 307 Å². The van der Waals surface area contributed by atoms with Crippen LogP contribution in [0.5, 0.6) is 17.2 Å². The number of fused-ring (bicyclic) bond motifs is 1. The Labute approximate surface area is 689 Å². The molecule has 0 spiro atoms. The zero-order chi connectivity index (χ0) is 84.0. The summed E-state index contributed by atoms with van der Waals surface area (Å²) in [5.74, 6) is 7.59. The zero-order valence-electron chi connectivity index (χ0n) is 72.0. The molecular weight excluding hydrogens is 1450 g/mol. The molecule has 11 aromatic rings. The lowest BCUT2D eigenvalue weighted by molar-refractivity contribution is -0.274. The van der Waals surface area contributed by atoms with Crippen molar-refractivity contribution in [3.63, 3.8) is 0 Å². The number of alkyl halides is 3. The van der Waals surface area contributed by atoms with Gasteiger partial charge in [-0.25, -0.2) is 4.39 Å². The van der Waals surface area contributed by atoms with E-state index in [-0.39, 0.29) is 19.0 Å². The van der Waals surface area contributed by atoms with Crippen LogP contribution in [0.3, 0.4) is 0 Å². The van der Waals surface area contributed by atoms with E-state index in [9.17, 15) is 17.6 Å². The monoisotopic (exact) mass is 1580 g/mol. The van der Waals surface area contributed by atoms with Gasteiger partial charge in [0.15, 0.2) is 11.5 Å². The number of ether oxygens (including phenoxy) is 3. The minimum absolute atomic E-state index is 0. The van der Waals surface area contributed by atoms with Crippen molar-refractivity contribution in [3.8, 4) is 17.2 Å². The predicted octanol–water partition coefficient (Wildman–Crippen LogP) is 31.8. The third-order valence-electron chi connectivity index (χ3n) is 17.3. The van der Waals surface area contributed by atoms with Crippen molar-refractivity contribution in [3.05, 3.63) is 337 Å². The Morgan fingerprint density at radius 3 is 1.14 bits per heavy atom. The molecule has 0 fully saturated rings. The molecule has 614 valence electrons. The molecular formula is C100H135ClF4N4O3S. The molecule has 1 aliphatic rings. The van der Waals surface area contributed by atoms with Crippen LogP contribution in [0.4, 0.5) is 17.6 Å². The number of nitrogens with zero attached hydrogens (tertiary/aromatic N) is 4. The zero-order valence-corrected chi connectivity index (χ0v) is 73.5. The van der Waals surface area contributed by atoms with Gasteiger partial charge >= 0.3 is 6.36 Å². The Bertz CT molecular complexity index is 3880. The lowest BCUT2D eigenvalue weighted by atomic mass is 10.0. The Kier molecular flexibility index (Phi) is 50.1. The van der Waals surface area contributed by atoms with Gasteiger partial charge in [-0.05, 0) is 198 Å². The summed E-state index contributed by atoms with van der Waals surface area (Å²) < 4.78 is 62.1. The summed E-state index contributed by atoms with van der Waals surface area (Å²) in [7, 11) is 0. The molecule has 12 rings (SSSR count). The second-order valence-electron chi connectivity index (χ2n) is 30.8. The first-order valence-electron chi connectivity index (χ1n) is 39.4. The molecule has 1 aliphatic heterocycles. The summed E-state index contributed by atoms with van der Waals surface area (Å²) >= 11 is 7.82. The summed E-state index contributed by atoms with van der Waals surface area (Å²) in [6.07, 6.45) is 6.24. The van der Waals surface area contributed by atoms with Crippen LogP contribution < -0.4 is 14.2 Å². The van der Waals surface area contributed by atoms with Crippen molar-refractivity contribution in [2.75, 3.05) is 6.79 Å². The highest BCUT2D eigenvalue weighted by molar-refractivity contribution is 7.12. The van der Waals surface area contributed by atoms with E-state index >= 15 is 0 Å². The van der Waals surface area contributed by atoms with E-state index in [1.807, 2.05) is 99.1 Å². The first-order chi connectivity index (χ1) is 52.8. The van der Waals surface area contributed by atoms with Crippen LogP contribution in [0, 0.1) is 33.5 Å². The van der Waals surface area contributed by atoms with Gasteiger partial charge in [-0.3, -0.25) is 19.9 Å². The average Bonchev–Trinajstić information content (AvgIpc) is 1.71. The lowest BCUT2D eigenvalue weighted by Gasteiger charge is -2.10. The number of hydrogen-bond donors (Lipinski definition) is 0. The molecule has 13 heteroatoms. The number of aromatic nitrogens is 4. The lowest BCUT2D eigenvalue weighted by Crippen LogP contribution is -2.17. The molecule has 5 heterocycles. The van der Waals surface area contributed by atoms with Gasteiger partial charge in [-0.15, -0.1) is 24.5 Å². The summed E-state index contributed by atoms with van der Waals surface area (Å²) in [4.78, 5) is 19.2. The summed E-state index contributed by atoms with van der Waals surface area (Å²) in [5, 5.41) is 0.873. The Morgan fingerprint density at radius 1 is 0.372 bits per heavy atom. The molecule has 0 aliphatic carbocycles. The third-order valence-corrected chi connectivity index (χ3v) is 18.9. The molecule has 7 nitrogen and oxygen atoms in total. The van der Waals surface area contributed by atoms with Gasteiger partial charge in [-0.2, -0.15) is 0 Å². The van der Waals surface area contributed by atoms with Gasteiger partial charge in [0.05, 0.1) is 5.69 Å². The van der Waals surface area contributed by atoms with Crippen molar-refractivity contribution < 1.29 is 31.8 Å². The normalized spacial score (nSPS) is 10.8. The molecule has 7 aromatic carbocycles. The maximum absolute atomic E-state index is 12.4. The van der Waals surface area contributed by atoms with Gasteiger partial charge in [0, 0.05) is 63.2 Å².